The second-order valence-corrected chi connectivity index (χ2v) is 4.54. The van der Waals surface area contributed by atoms with Crippen molar-refractivity contribution in [1.82, 2.24) is 0 Å². The van der Waals surface area contributed by atoms with Gasteiger partial charge in [0.2, 0.25) is 0 Å². The third-order valence-electron chi connectivity index (χ3n) is 3.32. The molecule has 0 aromatic carbocycles. The first-order chi connectivity index (χ1) is 8.80. The second-order valence-electron chi connectivity index (χ2n) is 4.54. The van der Waals surface area contributed by atoms with Crippen molar-refractivity contribution >= 4 is 11.8 Å². The van der Waals surface area contributed by atoms with E-state index in [1.54, 1.807) is 6.92 Å². The number of carbonyl (C=O) groups excluding carboxylic acids is 2. The maximum absolute atomic E-state index is 12.2. The molecule has 3 atom stereocenters. The number of methoxy groups -OCH3 is 1. The first-order valence-electron chi connectivity index (χ1n) is 6.09. The Hall–Kier alpha value is -1.11. The molecule has 1 aliphatic carbocycles. The number of rotatable bonds is 4. The van der Waals surface area contributed by atoms with Crippen LogP contribution in [0.1, 0.15) is 26.2 Å². The van der Waals surface area contributed by atoms with Crippen molar-refractivity contribution in [1.29, 1.82) is 0 Å². The predicted octanol–water partition coefficient (Wildman–Crippen LogP) is 2.11. The highest BCUT2D eigenvalue weighted by atomic mass is 19.4. The zero-order chi connectivity index (χ0) is 14.6. The first kappa shape index (κ1) is 15.9. The van der Waals surface area contributed by atoms with E-state index >= 15 is 0 Å². The molecule has 0 saturated heterocycles. The normalized spacial score (nSPS) is 28.3. The lowest BCUT2D eigenvalue weighted by molar-refractivity contribution is -0.197. The molecule has 0 spiro atoms. The Labute approximate surface area is 109 Å². The lowest BCUT2D eigenvalue weighted by Gasteiger charge is -2.35. The third-order valence-corrected chi connectivity index (χ3v) is 3.32. The van der Waals surface area contributed by atoms with Crippen molar-refractivity contribution < 1.29 is 32.2 Å². The summed E-state index contributed by atoms with van der Waals surface area (Å²) in [5.41, 5.74) is 0. The van der Waals surface area contributed by atoms with Gasteiger partial charge in [0.25, 0.3) is 0 Å². The van der Waals surface area contributed by atoms with Crippen LogP contribution in [0.4, 0.5) is 13.2 Å². The fraction of sp³-hybridized carbons (Fsp3) is 0.833. The van der Waals surface area contributed by atoms with E-state index in [1.165, 1.54) is 0 Å². The van der Waals surface area contributed by atoms with Gasteiger partial charge in [-0.1, -0.05) is 6.92 Å². The van der Waals surface area contributed by atoms with Gasteiger partial charge in [-0.25, -0.2) is 0 Å². The molecule has 0 aliphatic heterocycles. The summed E-state index contributed by atoms with van der Waals surface area (Å²) in [6, 6.07) is 0. The highest BCUT2D eigenvalue weighted by Crippen LogP contribution is 2.34. The van der Waals surface area contributed by atoms with Gasteiger partial charge < -0.3 is 9.47 Å². The molecule has 1 aliphatic rings. The van der Waals surface area contributed by atoms with Gasteiger partial charge in [-0.05, 0) is 12.8 Å². The zero-order valence-corrected chi connectivity index (χ0v) is 10.8. The van der Waals surface area contributed by atoms with E-state index in [9.17, 15) is 22.8 Å². The summed E-state index contributed by atoms with van der Waals surface area (Å²) in [6.45, 7) is 0.347. The number of ether oxygens (including phenoxy) is 2. The van der Waals surface area contributed by atoms with Gasteiger partial charge in [-0.15, -0.1) is 0 Å². The molecule has 0 radical (unpaired) electrons. The summed E-state index contributed by atoms with van der Waals surface area (Å²) >= 11 is 0. The van der Waals surface area contributed by atoms with Crippen LogP contribution >= 0.6 is 0 Å². The molecule has 4 nitrogen and oxygen atoms in total. The zero-order valence-electron chi connectivity index (χ0n) is 10.8. The standard InChI is InChI=1S/C12H17F3O4/c1-3-7-9(19-6-12(13,14)15)5-4-8(16)10(7)11(17)18-2/h7,9-10H,3-6H2,1-2H3/t7-,9?,10-/m0/s1. The maximum atomic E-state index is 12.2. The van der Waals surface area contributed by atoms with Crippen molar-refractivity contribution in [2.24, 2.45) is 11.8 Å². The van der Waals surface area contributed by atoms with Crippen LogP contribution in [0, 0.1) is 11.8 Å². The molecule has 1 saturated carbocycles. The summed E-state index contributed by atoms with van der Waals surface area (Å²) in [5, 5.41) is 0. The molecule has 0 amide bonds. The number of carbonyl (C=O) groups is 2. The largest absolute Gasteiger partial charge is 0.468 e. The Bertz CT molecular complexity index is 332. The van der Waals surface area contributed by atoms with Crippen LogP contribution in [0.2, 0.25) is 0 Å². The van der Waals surface area contributed by atoms with E-state index in [-0.39, 0.29) is 18.6 Å². The Kier molecular flexibility index (Phi) is 5.34. The van der Waals surface area contributed by atoms with E-state index in [0.29, 0.717) is 6.42 Å². The van der Waals surface area contributed by atoms with Crippen LogP contribution in [-0.2, 0) is 19.1 Å². The maximum Gasteiger partial charge on any atom is 0.411 e. The van der Waals surface area contributed by atoms with Crippen LogP contribution in [0.3, 0.4) is 0 Å². The SMILES string of the molecule is CC[C@H]1C(OCC(F)(F)F)CCC(=O)[C@H]1C(=O)OC. The number of esters is 1. The Morgan fingerprint density at radius 2 is 2.05 bits per heavy atom. The van der Waals surface area contributed by atoms with Gasteiger partial charge in [-0.3, -0.25) is 9.59 Å². The van der Waals surface area contributed by atoms with Crippen molar-refractivity contribution in [3.05, 3.63) is 0 Å². The minimum absolute atomic E-state index is 0.0405. The summed E-state index contributed by atoms with van der Waals surface area (Å²) in [5.74, 6) is -2.55. The number of hydrogen-bond donors (Lipinski definition) is 0. The third kappa shape index (κ3) is 4.19. The quantitative estimate of drug-likeness (QED) is 0.585. The number of alkyl halides is 3. The van der Waals surface area contributed by atoms with Crippen LogP contribution in [0.15, 0.2) is 0 Å². The predicted molar refractivity (Wildman–Crippen MR) is 59.3 cm³/mol. The highest BCUT2D eigenvalue weighted by Gasteiger charge is 2.44. The smallest absolute Gasteiger partial charge is 0.411 e. The van der Waals surface area contributed by atoms with Gasteiger partial charge in [0.1, 0.15) is 18.3 Å². The molecular weight excluding hydrogens is 265 g/mol. The molecule has 0 aromatic rings. The summed E-state index contributed by atoms with van der Waals surface area (Å²) in [7, 11) is 1.16. The summed E-state index contributed by atoms with van der Waals surface area (Å²) in [4.78, 5) is 23.3. The van der Waals surface area contributed by atoms with Crippen molar-refractivity contribution in [3.8, 4) is 0 Å². The fourth-order valence-electron chi connectivity index (χ4n) is 2.45. The minimum atomic E-state index is -4.42. The lowest BCUT2D eigenvalue weighted by atomic mass is 9.75. The molecule has 0 N–H and O–H groups in total. The number of Topliss-reactive ketones (excluding diaryl/α,β-unsaturated/α-hetero) is 1. The molecule has 0 heterocycles. The topological polar surface area (TPSA) is 52.6 Å². The van der Waals surface area contributed by atoms with Gasteiger partial charge >= 0.3 is 12.1 Å². The van der Waals surface area contributed by atoms with Crippen LogP contribution in [0.25, 0.3) is 0 Å². The number of halogens is 3. The molecule has 110 valence electrons. The van der Waals surface area contributed by atoms with Gasteiger partial charge in [-0.2, -0.15) is 13.2 Å². The van der Waals surface area contributed by atoms with E-state index in [1.807, 2.05) is 0 Å². The van der Waals surface area contributed by atoms with E-state index in [2.05, 4.69) is 4.74 Å². The molecule has 19 heavy (non-hydrogen) atoms. The van der Waals surface area contributed by atoms with Crippen molar-refractivity contribution in [3.63, 3.8) is 0 Å². The number of ketones is 1. The molecule has 0 aromatic heterocycles. The van der Waals surface area contributed by atoms with Crippen LogP contribution in [0.5, 0.6) is 0 Å². The number of hydrogen-bond acceptors (Lipinski definition) is 4. The van der Waals surface area contributed by atoms with Gasteiger partial charge in [0.05, 0.1) is 13.2 Å². The van der Waals surface area contributed by atoms with E-state index in [0.717, 1.165) is 7.11 Å². The Balaban J connectivity index is 2.77. The van der Waals surface area contributed by atoms with Crippen LogP contribution < -0.4 is 0 Å². The summed E-state index contributed by atoms with van der Waals surface area (Å²) < 4.78 is 45.9. The molecule has 0 bridgehead atoms. The van der Waals surface area contributed by atoms with E-state index in [4.69, 9.17) is 4.74 Å². The Morgan fingerprint density at radius 3 is 2.53 bits per heavy atom. The average Bonchev–Trinajstić information content (AvgIpc) is 2.34. The van der Waals surface area contributed by atoms with E-state index < -0.39 is 36.7 Å². The second kappa shape index (κ2) is 6.36. The molecular formula is C12H17F3O4. The minimum Gasteiger partial charge on any atom is -0.468 e. The Morgan fingerprint density at radius 1 is 1.42 bits per heavy atom. The molecule has 1 fully saturated rings. The van der Waals surface area contributed by atoms with Gasteiger partial charge in [0, 0.05) is 12.3 Å². The average molecular weight is 282 g/mol. The fourth-order valence-corrected chi connectivity index (χ4v) is 2.45. The lowest BCUT2D eigenvalue weighted by Crippen LogP contribution is -2.44. The molecule has 7 heteroatoms. The van der Waals surface area contributed by atoms with Crippen molar-refractivity contribution in [2.45, 2.75) is 38.5 Å². The first-order valence-corrected chi connectivity index (χ1v) is 6.09. The summed E-state index contributed by atoms with van der Waals surface area (Å²) in [6.07, 6.45) is -4.53. The highest BCUT2D eigenvalue weighted by molar-refractivity contribution is 5.99. The molecule has 1 unspecified atom stereocenters. The molecule has 1 rings (SSSR count). The monoisotopic (exact) mass is 282 g/mol. The van der Waals surface area contributed by atoms with Crippen molar-refractivity contribution in [2.75, 3.05) is 13.7 Å². The van der Waals surface area contributed by atoms with Crippen LogP contribution in [-0.4, -0.2) is 37.7 Å². The van der Waals surface area contributed by atoms with Gasteiger partial charge in [0.15, 0.2) is 0 Å².